The fraction of sp³-hybridized carbons (Fsp3) is 0.0566. The summed E-state index contributed by atoms with van der Waals surface area (Å²) in [5.41, 5.74) is 9.25. The van der Waals surface area contributed by atoms with E-state index >= 15 is 13.2 Å². The summed E-state index contributed by atoms with van der Waals surface area (Å²) < 4.78 is 49.3. The Kier molecular flexibility index (Phi) is 8.45. The Hall–Kier alpha value is -7.87. The van der Waals surface area contributed by atoms with Gasteiger partial charge in [-0.15, -0.1) is 0 Å². The number of aromatic nitrogens is 2. The molecule has 0 aliphatic carbocycles. The highest BCUT2D eigenvalue weighted by Gasteiger charge is 2.35. The minimum atomic E-state index is -4.77. The number of benzene rings is 8. The fourth-order valence-electron chi connectivity index (χ4n) is 8.99. The van der Waals surface area contributed by atoms with Gasteiger partial charge in [0.15, 0.2) is 5.69 Å². The Bertz CT molecular complexity index is 3300. The van der Waals surface area contributed by atoms with Crippen LogP contribution in [0.4, 0.5) is 18.9 Å². The predicted molar refractivity (Wildman–Crippen MR) is 237 cm³/mol. The summed E-state index contributed by atoms with van der Waals surface area (Å²) in [4.78, 5) is 3.63. The summed E-state index contributed by atoms with van der Waals surface area (Å²) in [6, 6.07) is 54.0. The van der Waals surface area contributed by atoms with E-state index in [-0.39, 0.29) is 22.4 Å². The number of hydrogen-bond donors (Lipinski definition) is 0. The van der Waals surface area contributed by atoms with E-state index in [9.17, 15) is 5.26 Å². The Labute approximate surface area is 344 Å². The quantitative estimate of drug-likeness (QED) is 0.160. The van der Waals surface area contributed by atoms with Crippen LogP contribution in [0.15, 0.2) is 164 Å². The van der Waals surface area contributed by atoms with Crippen molar-refractivity contribution in [2.75, 3.05) is 0 Å². The third-order valence-corrected chi connectivity index (χ3v) is 11.7. The van der Waals surface area contributed by atoms with Crippen molar-refractivity contribution in [3.8, 4) is 50.8 Å². The normalized spacial score (nSPS) is 11.7. The average molecular weight is 783 g/mol. The van der Waals surface area contributed by atoms with Gasteiger partial charge in [-0.3, -0.25) is 0 Å². The van der Waals surface area contributed by atoms with Crippen LogP contribution in [0.5, 0.6) is 0 Å². The number of nitriles is 1. The molecule has 0 unspecified atom stereocenters. The maximum absolute atomic E-state index is 15.1. The highest BCUT2D eigenvalue weighted by molar-refractivity contribution is 6.12. The van der Waals surface area contributed by atoms with E-state index in [1.807, 2.05) is 81.9 Å². The molecule has 0 saturated heterocycles. The SMILES string of the molecule is [C-]#[N+]c1cccc(C(F)(F)F)c1-c1cc(-n2c3ccccc3c3ccc(-c4ccccc4C)cc32)c(C#N)c(-n2c3ccccc3c3ccc(-c4ccccc4C)cc32)c1. The van der Waals surface area contributed by atoms with Gasteiger partial charge in [0.25, 0.3) is 0 Å². The molecule has 7 heteroatoms. The van der Waals surface area contributed by atoms with Crippen molar-refractivity contribution >= 4 is 49.3 Å². The molecule has 10 rings (SSSR count). The maximum Gasteiger partial charge on any atom is 0.415 e. The molecule has 0 atom stereocenters. The van der Waals surface area contributed by atoms with Gasteiger partial charge in [-0.25, -0.2) is 4.85 Å². The number of nitrogens with zero attached hydrogens (tertiary/aromatic N) is 4. The van der Waals surface area contributed by atoms with Crippen LogP contribution in [0.25, 0.3) is 93.2 Å². The first kappa shape index (κ1) is 36.5. The summed E-state index contributed by atoms with van der Waals surface area (Å²) in [6.45, 7) is 12.2. The Morgan fingerprint density at radius 3 is 1.45 bits per heavy atom. The van der Waals surface area contributed by atoms with E-state index in [1.165, 1.54) is 12.1 Å². The number of para-hydroxylation sites is 2. The molecular weight excluding hydrogens is 750 g/mol. The van der Waals surface area contributed by atoms with Gasteiger partial charge in [0.2, 0.25) is 0 Å². The molecule has 0 amide bonds. The molecule has 286 valence electrons. The monoisotopic (exact) mass is 782 g/mol. The van der Waals surface area contributed by atoms with E-state index in [0.29, 0.717) is 11.4 Å². The first-order valence-corrected chi connectivity index (χ1v) is 19.5. The van der Waals surface area contributed by atoms with Crippen LogP contribution < -0.4 is 0 Å². The molecule has 0 saturated carbocycles. The van der Waals surface area contributed by atoms with E-state index in [0.717, 1.165) is 83.1 Å². The number of halogens is 3. The van der Waals surface area contributed by atoms with Gasteiger partial charge in [-0.2, -0.15) is 18.4 Å². The zero-order valence-corrected chi connectivity index (χ0v) is 32.5. The molecule has 10 aromatic rings. The minimum Gasteiger partial charge on any atom is -0.308 e. The lowest BCUT2D eigenvalue weighted by molar-refractivity contribution is -0.137. The van der Waals surface area contributed by atoms with Crippen molar-refractivity contribution in [1.82, 2.24) is 9.13 Å². The molecule has 8 aromatic carbocycles. The number of rotatable bonds is 5. The molecule has 0 aliphatic heterocycles. The standard InChI is InChI=1S/C53H33F3N4/c1-32-13-4-6-15-37(32)34-23-25-41-39-17-8-10-21-46(39)59(48(41)27-34)50-29-36(52-44(53(54,55)56)19-12-20-45(52)58-3)30-51(43(50)31-57)60-47-22-11-9-18-40(47)42-26-24-35(28-49(42)60)38-16-7-5-14-33(38)2/h4-30H,1-2H3. The second kappa shape index (κ2) is 13.9. The first-order valence-electron chi connectivity index (χ1n) is 19.5. The molecule has 0 bridgehead atoms. The predicted octanol–water partition coefficient (Wildman–Crippen LogP) is 14.9. The molecule has 0 radical (unpaired) electrons. The third kappa shape index (κ3) is 5.67. The molecule has 0 spiro atoms. The summed E-state index contributed by atoms with van der Waals surface area (Å²) in [5, 5.41) is 15.2. The Morgan fingerprint density at radius 1 is 0.517 bits per heavy atom. The van der Waals surface area contributed by atoms with Gasteiger partial charge in [0.05, 0.1) is 45.6 Å². The lowest BCUT2D eigenvalue weighted by Gasteiger charge is -2.21. The van der Waals surface area contributed by atoms with Gasteiger partial charge >= 0.3 is 6.18 Å². The molecule has 2 heterocycles. The number of alkyl halides is 3. The highest BCUT2D eigenvalue weighted by atomic mass is 19.4. The van der Waals surface area contributed by atoms with Crippen LogP contribution in [0.3, 0.4) is 0 Å². The highest BCUT2D eigenvalue weighted by Crippen LogP contribution is 2.47. The topological polar surface area (TPSA) is 38.0 Å². The lowest BCUT2D eigenvalue weighted by atomic mass is 9.94. The molecule has 2 aromatic heterocycles. The number of fused-ring (bicyclic) bond motifs is 6. The zero-order valence-electron chi connectivity index (χ0n) is 32.5. The molecule has 0 fully saturated rings. The largest absolute Gasteiger partial charge is 0.415 e. The van der Waals surface area contributed by atoms with E-state index in [2.05, 4.69) is 85.4 Å². The second-order valence-electron chi connectivity index (χ2n) is 15.1. The molecular formula is C53H33F3N4. The average Bonchev–Trinajstić information content (AvgIpc) is 3.77. The zero-order chi connectivity index (χ0) is 41.3. The Balaban J connectivity index is 1.39. The third-order valence-electron chi connectivity index (χ3n) is 11.7. The van der Waals surface area contributed by atoms with Crippen LogP contribution in [0.2, 0.25) is 0 Å². The number of hydrogen-bond acceptors (Lipinski definition) is 1. The van der Waals surface area contributed by atoms with Crippen molar-refractivity contribution in [1.29, 1.82) is 5.26 Å². The van der Waals surface area contributed by atoms with Crippen molar-refractivity contribution in [2.24, 2.45) is 0 Å². The fourth-order valence-corrected chi connectivity index (χ4v) is 8.99. The smallest absolute Gasteiger partial charge is 0.308 e. The van der Waals surface area contributed by atoms with E-state index in [4.69, 9.17) is 6.57 Å². The second-order valence-corrected chi connectivity index (χ2v) is 15.1. The van der Waals surface area contributed by atoms with Gasteiger partial charge in [-0.1, -0.05) is 127 Å². The molecule has 0 aliphatic rings. The van der Waals surface area contributed by atoms with Crippen LogP contribution in [-0.2, 0) is 6.18 Å². The van der Waals surface area contributed by atoms with Gasteiger partial charge in [-0.05, 0) is 94.8 Å². The van der Waals surface area contributed by atoms with Crippen LogP contribution in [-0.4, -0.2) is 9.13 Å². The minimum absolute atomic E-state index is 0.139. The summed E-state index contributed by atoms with van der Waals surface area (Å²) in [6.07, 6.45) is -4.77. The molecule has 60 heavy (non-hydrogen) atoms. The summed E-state index contributed by atoms with van der Waals surface area (Å²) in [5.74, 6) is 0. The Morgan fingerprint density at radius 2 is 0.983 bits per heavy atom. The van der Waals surface area contributed by atoms with Crippen molar-refractivity contribution in [2.45, 2.75) is 20.0 Å². The van der Waals surface area contributed by atoms with Crippen molar-refractivity contribution in [3.05, 3.63) is 197 Å². The van der Waals surface area contributed by atoms with Crippen molar-refractivity contribution in [3.63, 3.8) is 0 Å². The van der Waals surface area contributed by atoms with Crippen molar-refractivity contribution < 1.29 is 13.2 Å². The molecule has 4 nitrogen and oxygen atoms in total. The summed E-state index contributed by atoms with van der Waals surface area (Å²) >= 11 is 0. The van der Waals surface area contributed by atoms with Crippen LogP contribution in [0, 0.1) is 31.8 Å². The maximum atomic E-state index is 15.1. The van der Waals surface area contributed by atoms with E-state index in [1.54, 1.807) is 12.1 Å². The van der Waals surface area contributed by atoms with Gasteiger partial charge < -0.3 is 9.13 Å². The number of aryl methyl sites for hydroxylation is 2. The van der Waals surface area contributed by atoms with Crippen LogP contribution >= 0.6 is 0 Å². The summed E-state index contributed by atoms with van der Waals surface area (Å²) in [7, 11) is 0. The first-order chi connectivity index (χ1) is 29.2. The van der Waals surface area contributed by atoms with Gasteiger partial charge in [0, 0.05) is 21.5 Å². The van der Waals surface area contributed by atoms with Gasteiger partial charge in [0.1, 0.15) is 11.6 Å². The lowest BCUT2D eigenvalue weighted by Crippen LogP contribution is -2.09. The molecule has 0 N–H and O–H groups in total. The van der Waals surface area contributed by atoms with Crippen LogP contribution in [0.1, 0.15) is 22.3 Å². The van der Waals surface area contributed by atoms with E-state index < -0.39 is 11.7 Å².